The second-order valence-corrected chi connectivity index (χ2v) is 4.70. The van der Waals surface area contributed by atoms with Crippen LogP contribution in [0, 0.1) is 5.92 Å². The molecule has 1 N–H and O–H groups in total. The van der Waals surface area contributed by atoms with E-state index in [2.05, 4.69) is 31.1 Å². The maximum absolute atomic E-state index is 11.5. The summed E-state index contributed by atoms with van der Waals surface area (Å²) in [7, 11) is 2.08. The monoisotopic (exact) mass is 198 g/mol. The van der Waals surface area contributed by atoms with E-state index < -0.39 is 0 Å². The predicted molar refractivity (Wildman–Crippen MR) is 58.3 cm³/mol. The van der Waals surface area contributed by atoms with Crippen molar-refractivity contribution >= 4 is 5.78 Å². The van der Waals surface area contributed by atoms with Crippen molar-refractivity contribution in [3.63, 3.8) is 0 Å². The van der Waals surface area contributed by atoms with Crippen LogP contribution < -0.4 is 5.32 Å². The highest BCUT2D eigenvalue weighted by Gasteiger charge is 2.30. The lowest BCUT2D eigenvalue weighted by Gasteiger charge is -2.36. The second-order valence-electron chi connectivity index (χ2n) is 4.70. The van der Waals surface area contributed by atoms with Crippen LogP contribution in [0.1, 0.15) is 27.2 Å². The Bertz CT molecular complexity index is 203. The van der Waals surface area contributed by atoms with Gasteiger partial charge in [-0.15, -0.1) is 0 Å². The molecular formula is C11H22N2O. The fraction of sp³-hybridized carbons (Fsp3) is 0.909. The topological polar surface area (TPSA) is 32.3 Å². The number of piperidine rings is 1. The molecule has 14 heavy (non-hydrogen) atoms. The van der Waals surface area contributed by atoms with Gasteiger partial charge in [0, 0.05) is 24.5 Å². The van der Waals surface area contributed by atoms with Gasteiger partial charge in [-0.05, 0) is 26.9 Å². The Morgan fingerprint density at radius 2 is 2.14 bits per heavy atom. The molecule has 1 rings (SSSR count). The number of hydrogen-bond donors (Lipinski definition) is 1. The summed E-state index contributed by atoms with van der Waals surface area (Å²) in [5.41, 5.74) is 0. The Morgan fingerprint density at radius 1 is 1.50 bits per heavy atom. The predicted octanol–water partition coefficient (Wildman–Crippen LogP) is 0.894. The number of nitrogens with zero attached hydrogens (tertiary/aromatic N) is 1. The van der Waals surface area contributed by atoms with E-state index in [4.69, 9.17) is 0 Å². The van der Waals surface area contributed by atoms with Crippen molar-refractivity contribution in [3.05, 3.63) is 0 Å². The molecule has 0 bridgehead atoms. The number of nitrogens with one attached hydrogen (secondary N) is 1. The van der Waals surface area contributed by atoms with Crippen molar-refractivity contribution < 1.29 is 4.79 Å². The Kier molecular flexibility index (Phi) is 4.08. The minimum atomic E-state index is 0.177. The zero-order valence-electron chi connectivity index (χ0n) is 9.71. The third-order valence-electron chi connectivity index (χ3n) is 2.89. The number of carbonyl (C=O) groups is 1. The third kappa shape index (κ3) is 3.07. The molecule has 0 unspecified atom stereocenters. The third-order valence-corrected chi connectivity index (χ3v) is 2.89. The molecule has 0 aromatic carbocycles. The van der Waals surface area contributed by atoms with Gasteiger partial charge >= 0.3 is 0 Å². The van der Waals surface area contributed by atoms with Crippen LogP contribution in [0.5, 0.6) is 0 Å². The Morgan fingerprint density at radius 3 is 2.64 bits per heavy atom. The Labute approximate surface area is 86.9 Å². The molecule has 1 aliphatic heterocycles. The normalized spacial score (nSPS) is 29.5. The quantitative estimate of drug-likeness (QED) is 0.731. The van der Waals surface area contributed by atoms with Gasteiger partial charge in [-0.3, -0.25) is 4.79 Å². The molecule has 82 valence electrons. The van der Waals surface area contributed by atoms with Crippen molar-refractivity contribution in [2.45, 2.75) is 39.3 Å². The van der Waals surface area contributed by atoms with Crippen LogP contribution in [-0.4, -0.2) is 42.9 Å². The standard InChI is InChI=1S/C11H22N2O/c1-8(2)12-11-5-6-13(4)7-10(11)9(3)14/h8,10-12H,5-7H2,1-4H3/t10-,11-/m0/s1. The molecule has 1 saturated heterocycles. The van der Waals surface area contributed by atoms with Crippen molar-refractivity contribution in [2.24, 2.45) is 5.92 Å². The van der Waals surface area contributed by atoms with Crippen molar-refractivity contribution in [1.29, 1.82) is 0 Å². The van der Waals surface area contributed by atoms with Crippen LogP contribution in [0.4, 0.5) is 0 Å². The number of rotatable bonds is 3. The first-order chi connectivity index (χ1) is 6.50. The van der Waals surface area contributed by atoms with Crippen molar-refractivity contribution in [2.75, 3.05) is 20.1 Å². The van der Waals surface area contributed by atoms with E-state index in [-0.39, 0.29) is 5.92 Å². The van der Waals surface area contributed by atoms with Gasteiger partial charge in [0.1, 0.15) is 5.78 Å². The summed E-state index contributed by atoms with van der Waals surface area (Å²) in [5, 5.41) is 3.49. The number of carbonyl (C=O) groups excluding carboxylic acids is 1. The highest BCUT2D eigenvalue weighted by atomic mass is 16.1. The van der Waals surface area contributed by atoms with E-state index in [1.54, 1.807) is 6.92 Å². The summed E-state index contributed by atoms with van der Waals surface area (Å²) >= 11 is 0. The molecule has 0 aromatic heterocycles. The van der Waals surface area contributed by atoms with E-state index in [1.165, 1.54) is 0 Å². The van der Waals surface area contributed by atoms with Gasteiger partial charge in [-0.25, -0.2) is 0 Å². The Hall–Kier alpha value is -0.410. The molecule has 3 heteroatoms. The zero-order chi connectivity index (χ0) is 10.7. The smallest absolute Gasteiger partial charge is 0.135 e. The minimum Gasteiger partial charge on any atom is -0.311 e. The van der Waals surface area contributed by atoms with Gasteiger partial charge in [-0.1, -0.05) is 13.8 Å². The molecule has 0 aromatic rings. The van der Waals surface area contributed by atoms with E-state index in [1.807, 2.05) is 0 Å². The lowest BCUT2D eigenvalue weighted by atomic mass is 9.89. The van der Waals surface area contributed by atoms with Gasteiger partial charge < -0.3 is 10.2 Å². The van der Waals surface area contributed by atoms with Crippen LogP contribution in [0.25, 0.3) is 0 Å². The first-order valence-corrected chi connectivity index (χ1v) is 5.45. The fourth-order valence-electron chi connectivity index (χ4n) is 2.15. The van der Waals surface area contributed by atoms with Gasteiger partial charge in [0.2, 0.25) is 0 Å². The van der Waals surface area contributed by atoms with Crippen molar-refractivity contribution in [3.8, 4) is 0 Å². The Balaban J connectivity index is 2.58. The largest absolute Gasteiger partial charge is 0.311 e. The highest BCUT2D eigenvalue weighted by Crippen LogP contribution is 2.17. The van der Waals surface area contributed by atoms with Gasteiger partial charge in [0.15, 0.2) is 0 Å². The number of ketones is 1. The van der Waals surface area contributed by atoms with Crippen molar-refractivity contribution in [1.82, 2.24) is 10.2 Å². The fourth-order valence-corrected chi connectivity index (χ4v) is 2.15. The molecule has 0 amide bonds. The van der Waals surface area contributed by atoms with Gasteiger partial charge in [-0.2, -0.15) is 0 Å². The maximum Gasteiger partial charge on any atom is 0.135 e. The molecule has 0 saturated carbocycles. The van der Waals surface area contributed by atoms with Gasteiger partial charge in [0.05, 0.1) is 0 Å². The first-order valence-electron chi connectivity index (χ1n) is 5.45. The van der Waals surface area contributed by atoms with Crippen LogP contribution in [0.3, 0.4) is 0 Å². The summed E-state index contributed by atoms with van der Waals surface area (Å²) in [4.78, 5) is 13.7. The summed E-state index contributed by atoms with van der Waals surface area (Å²) in [6.45, 7) is 7.97. The van der Waals surface area contributed by atoms with Crippen LogP contribution in [0.2, 0.25) is 0 Å². The average molecular weight is 198 g/mol. The molecule has 1 fully saturated rings. The van der Waals surface area contributed by atoms with Gasteiger partial charge in [0.25, 0.3) is 0 Å². The van der Waals surface area contributed by atoms with E-state index in [0.29, 0.717) is 17.9 Å². The van der Waals surface area contributed by atoms with Crippen LogP contribution in [-0.2, 0) is 4.79 Å². The molecule has 1 aliphatic rings. The van der Waals surface area contributed by atoms with E-state index in [9.17, 15) is 4.79 Å². The second kappa shape index (κ2) is 4.89. The zero-order valence-corrected chi connectivity index (χ0v) is 9.71. The summed E-state index contributed by atoms with van der Waals surface area (Å²) < 4.78 is 0. The van der Waals surface area contributed by atoms with E-state index in [0.717, 1.165) is 19.5 Å². The first kappa shape index (κ1) is 11.7. The number of Topliss-reactive ketones (excluding diaryl/α,β-unsaturated/α-hetero) is 1. The SMILES string of the molecule is CC(=O)[C@@H]1CN(C)CC[C@@H]1NC(C)C. The van der Waals surface area contributed by atoms with Crippen LogP contribution in [0.15, 0.2) is 0 Å². The summed E-state index contributed by atoms with van der Waals surface area (Å²) in [5.74, 6) is 0.492. The molecule has 3 nitrogen and oxygen atoms in total. The molecule has 1 heterocycles. The number of likely N-dealkylation sites (tertiary alicyclic amines) is 1. The molecule has 0 aliphatic carbocycles. The number of hydrogen-bond acceptors (Lipinski definition) is 3. The lowest BCUT2D eigenvalue weighted by Crippen LogP contribution is -2.52. The van der Waals surface area contributed by atoms with E-state index >= 15 is 0 Å². The molecule has 2 atom stereocenters. The minimum absolute atomic E-state index is 0.177. The molecule has 0 radical (unpaired) electrons. The average Bonchev–Trinajstić information content (AvgIpc) is 2.07. The molecule has 0 spiro atoms. The lowest BCUT2D eigenvalue weighted by molar-refractivity contribution is -0.123. The summed E-state index contributed by atoms with van der Waals surface area (Å²) in [6, 6.07) is 0.842. The summed E-state index contributed by atoms with van der Waals surface area (Å²) in [6.07, 6.45) is 1.08. The van der Waals surface area contributed by atoms with Crippen LogP contribution >= 0.6 is 0 Å². The maximum atomic E-state index is 11.5. The highest BCUT2D eigenvalue weighted by molar-refractivity contribution is 5.79. The molecular weight excluding hydrogens is 176 g/mol.